The minimum Gasteiger partial charge on any atom is -0.463 e. The second-order valence-corrected chi connectivity index (χ2v) is 7.75. The maximum absolute atomic E-state index is 12.7. The van der Waals surface area contributed by atoms with Crippen LogP contribution in [0.5, 0.6) is 6.01 Å². The van der Waals surface area contributed by atoms with Crippen LogP contribution < -0.4 is 16.2 Å². The van der Waals surface area contributed by atoms with E-state index < -0.39 is 5.69 Å². The first-order chi connectivity index (χ1) is 14.6. The predicted molar refractivity (Wildman–Crippen MR) is 114 cm³/mol. The van der Waals surface area contributed by atoms with Gasteiger partial charge < -0.3 is 15.7 Å². The molecule has 1 aromatic carbocycles. The van der Waals surface area contributed by atoms with Crippen molar-refractivity contribution >= 4 is 17.0 Å². The molecule has 0 aliphatic carbocycles. The standard InChI is InChI=1S/C21H28N6O3/c1-2-3-11-30-20-23-18(22)17-19(24-20)26(21(28)27(17)29)14-16-8-6-7-15(12-16)13-25-9-4-5-10-25/h6-8,12,29H,2-5,9-11,13-14H2,1H3,(H2,22,23,24). The molecule has 0 unspecified atom stereocenters. The molecule has 0 saturated carbocycles. The Morgan fingerprint density at radius 3 is 2.63 bits per heavy atom. The van der Waals surface area contributed by atoms with E-state index >= 15 is 0 Å². The number of hydrogen-bond donors (Lipinski definition) is 2. The van der Waals surface area contributed by atoms with Crippen LogP contribution >= 0.6 is 0 Å². The highest BCUT2D eigenvalue weighted by atomic mass is 16.5. The Kier molecular flexibility index (Phi) is 5.89. The van der Waals surface area contributed by atoms with E-state index in [2.05, 4.69) is 33.9 Å². The van der Waals surface area contributed by atoms with Crippen LogP contribution in [0, 0.1) is 0 Å². The Bertz CT molecular complexity index is 1080. The van der Waals surface area contributed by atoms with Crippen molar-refractivity contribution in [2.75, 3.05) is 25.4 Å². The zero-order valence-electron chi connectivity index (χ0n) is 17.3. The summed E-state index contributed by atoms with van der Waals surface area (Å²) in [5.41, 5.74) is 7.88. The molecule has 1 saturated heterocycles. The van der Waals surface area contributed by atoms with Crippen molar-refractivity contribution in [2.45, 2.75) is 45.7 Å². The molecular formula is C21H28N6O3. The molecule has 0 radical (unpaired) electrons. The largest absolute Gasteiger partial charge is 0.463 e. The number of imidazole rings is 1. The molecule has 0 spiro atoms. The summed E-state index contributed by atoms with van der Waals surface area (Å²) in [6, 6.07) is 8.25. The Hall–Kier alpha value is -3.07. The minimum absolute atomic E-state index is 0.00707. The van der Waals surface area contributed by atoms with Gasteiger partial charge in [-0.25, -0.2) is 4.79 Å². The number of fused-ring (bicyclic) bond motifs is 1. The quantitative estimate of drug-likeness (QED) is 0.431. The van der Waals surface area contributed by atoms with Crippen molar-refractivity contribution in [3.63, 3.8) is 0 Å². The van der Waals surface area contributed by atoms with Gasteiger partial charge in [-0.2, -0.15) is 9.97 Å². The topological polar surface area (TPSA) is 111 Å². The van der Waals surface area contributed by atoms with E-state index in [1.54, 1.807) is 0 Å². The number of anilines is 1. The lowest BCUT2D eigenvalue weighted by Gasteiger charge is -2.15. The third-order valence-corrected chi connectivity index (χ3v) is 5.42. The van der Waals surface area contributed by atoms with E-state index in [0.717, 1.165) is 38.0 Å². The molecule has 2 aromatic heterocycles. The summed E-state index contributed by atoms with van der Waals surface area (Å²) in [4.78, 5) is 23.5. The number of likely N-dealkylation sites (tertiary alicyclic amines) is 1. The van der Waals surface area contributed by atoms with Crippen LogP contribution in [0.1, 0.15) is 43.7 Å². The van der Waals surface area contributed by atoms with Gasteiger partial charge in [-0.1, -0.05) is 37.6 Å². The van der Waals surface area contributed by atoms with Crippen molar-refractivity contribution < 1.29 is 9.94 Å². The summed E-state index contributed by atoms with van der Waals surface area (Å²) >= 11 is 0. The van der Waals surface area contributed by atoms with Crippen molar-refractivity contribution in [1.82, 2.24) is 24.2 Å². The van der Waals surface area contributed by atoms with Crippen LogP contribution in [0.2, 0.25) is 0 Å². The highest BCUT2D eigenvalue weighted by Gasteiger charge is 2.20. The lowest BCUT2D eigenvalue weighted by atomic mass is 10.1. The van der Waals surface area contributed by atoms with Crippen LogP contribution in [0.15, 0.2) is 29.1 Å². The third kappa shape index (κ3) is 4.11. The van der Waals surface area contributed by atoms with Gasteiger partial charge in [0.05, 0.1) is 13.2 Å². The summed E-state index contributed by atoms with van der Waals surface area (Å²) in [6.45, 7) is 5.93. The van der Waals surface area contributed by atoms with Crippen molar-refractivity contribution in [3.05, 3.63) is 45.9 Å². The molecule has 0 bridgehead atoms. The van der Waals surface area contributed by atoms with E-state index in [4.69, 9.17) is 10.5 Å². The monoisotopic (exact) mass is 412 g/mol. The molecule has 3 N–H and O–H groups in total. The van der Waals surface area contributed by atoms with Crippen molar-refractivity contribution in [1.29, 1.82) is 0 Å². The van der Waals surface area contributed by atoms with E-state index in [9.17, 15) is 10.0 Å². The van der Waals surface area contributed by atoms with E-state index in [-0.39, 0.29) is 29.5 Å². The Morgan fingerprint density at radius 1 is 1.17 bits per heavy atom. The first-order valence-electron chi connectivity index (χ1n) is 10.5. The molecule has 3 heterocycles. The number of rotatable bonds is 8. The number of nitrogen functional groups attached to an aromatic ring is 1. The van der Waals surface area contributed by atoms with Gasteiger partial charge in [0.1, 0.15) is 0 Å². The van der Waals surface area contributed by atoms with Gasteiger partial charge in [-0.3, -0.25) is 9.47 Å². The molecule has 9 heteroatoms. The molecule has 0 amide bonds. The average Bonchev–Trinajstić information content (AvgIpc) is 3.31. The smallest absolute Gasteiger partial charge is 0.363 e. The number of aromatic nitrogens is 4. The number of hydrogen-bond acceptors (Lipinski definition) is 7. The van der Waals surface area contributed by atoms with Gasteiger partial charge >= 0.3 is 11.7 Å². The molecule has 30 heavy (non-hydrogen) atoms. The van der Waals surface area contributed by atoms with Crippen LogP contribution in [-0.4, -0.2) is 49.1 Å². The van der Waals surface area contributed by atoms with Crippen molar-refractivity contribution in [3.8, 4) is 6.01 Å². The predicted octanol–water partition coefficient (Wildman–Crippen LogP) is 2.24. The maximum Gasteiger partial charge on any atom is 0.363 e. The molecular weight excluding hydrogens is 384 g/mol. The molecule has 9 nitrogen and oxygen atoms in total. The highest BCUT2D eigenvalue weighted by molar-refractivity contribution is 5.82. The van der Waals surface area contributed by atoms with E-state index in [1.807, 2.05) is 12.1 Å². The number of nitrogens with two attached hydrogens (primary N) is 1. The molecule has 3 aromatic rings. The van der Waals surface area contributed by atoms with Gasteiger partial charge in [-0.05, 0) is 43.5 Å². The van der Waals surface area contributed by atoms with Crippen LogP contribution in [0.4, 0.5) is 5.82 Å². The Labute approximate surface area is 174 Å². The first kappa shape index (κ1) is 20.2. The van der Waals surface area contributed by atoms with Gasteiger partial charge in [0.15, 0.2) is 17.0 Å². The van der Waals surface area contributed by atoms with Crippen LogP contribution in [-0.2, 0) is 13.1 Å². The molecule has 0 atom stereocenters. The fourth-order valence-electron chi connectivity index (χ4n) is 3.85. The van der Waals surface area contributed by atoms with Crippen LogP contribution in [0.25, 0.3) is 11.2 Å². The minimum atomic E-state index is -0.610. The molecule has 4 rings (SSSR count). The summed E-state index contributed by atoms with van der Waals surface area (Å²) in [5, 5.41) is 10.3. The van der Waals surface area contributed by atoms with Gasteiger partial charge in [-0.15, -0.1) is 4.73 Å². The van der Waals surface area contributed by atoms with Gasteiger partial charge in [0, 0.05) is 6.54 Å². The number of ether oxygens (including phenoxy) is 1. The third-order valence-electron chi connectivity index (χ3n) is 5.42. The molecule has 1 aliphatic heterocycles. The first-order valence-corrected chi connectivity index (χ1v) is 10.5. The summed E-state index contributed by atoms with van der Waals surface area (Å²) < 4.78 is 7.48. The van der Waals surface area contributed by atoms with E-state index in [1.165, 1.54) is 23.0 Å². The summed E-state index contributed by atoms with van der Waals surface area (Å²) in [5.74, 6) is 0.00707. The van der Waals surface area contributed by atoms with Crippen LogP contribution in [0.3, 0.4) is 0 Å². The zero-order chi connectivity index (χ0) is 21.1. The number of unbranched alkanes of at least 4 members (excludes halogenated alkanes) is 1. The fourth-order valence-corrected chi connectivity index (χ4v) is 3.85. The number of benzene rings is 1. The Morgan fingerprint density at radius 2 is 1.90 bits per heavy atom. The van der Waals surface area contributed by atoms with Crippen molar-refractivity contribution in [2.24, 2.45) is 0 Å². The lowest BCUT2D eigenvalue weighted by molar-refractivity contribution is 0.185. The number of nitrogens with zero attached hydrogens (tertiary/aromatic N) is 5. The summed E-state index contributed by atoms with van der Waals surface area (Å²) in [7, 11) is 0. The van der Waals surface area contributed by atoms with E-state index in [0.29, 0.717) is 11.3 Å². The normalized spacial score (nSPS) is 14.6. The molecule has 160 valence electrons. The SMILES string of the molecule is CCCCOc1nc(N)c2c(n1)n(Cc1cccc(CN3CCCC3)c1)c(=O)n2O. The van der Waals surface area contributed by atoms with Gasteiger partial charge in [0.2, 0.25) is 0 Å². The average molecular weight is 412 g/mol. The molecule has 1 aliphatic rings. The highest BCUT2D eigenvalue weighted by Crippen LogP contribution is 2.21. The second kappa shape index (κ2) is 8.74. The Balaban J connectivity index is 1.65. The van der Waals surface area contributed by atoms with Gasteiger partial charge in [0.25, 0.3) is 0 Å². The molecule has 1 fully saturated rings. The lowest BCUT2D eigenvalue weighted by Crippen LogP contribution is -2.23. The maximum atomic E-state index is 12.7. The zero-order valence-corrected chi connectivity index (χ0v) is 17.3. The summed E-state index contributed by atoms with van der Waals surface area (Å²) in [6.07, 6.45) is 4.33. The second-order valence-electron chi connectivity index (χ2n) is 7.75. The fraction of sp³-hybridized carbons (Fsp3) is 0.476.